The second kappa shape index (κ2) is 4.74. The molecule has 1 aromatic carbocycles. The number of rotatable bonds is 2. The molecular weight excluding hydrogens is 241 g/mol. The molecule has 0 unspecified atom stereocenters. The van der Waals surface area contributed by atoms with Crippen LogP contribution in [0.5, 0.6) is 0 Å². The Bertz CT molecular complexity index is 413. The summed E-state index contributed by atoms with van der Waals surface area (Å²) in [6.07, 6.45) is -4.45. The van der Waals surface area contributed by atoms with E-state index in [-0.39, 0.29) is 17.4 Å². The fourth-order valence-corrected chi connectivity index (χ4v) is 1.22. The van der Waals surface area contributed by atoms with Gasteiger partial charge in [0, 0.05) is 0 Å². The maximum absolute atomic E-state index is 12.6. The van der Waals surface area contributed by atoms with Gasteiger partial charge in [0.2, 0.25) is 0 Å². The first-order valence-corrected chi connectivity index (χ1v) is 4.95. The molecule has 0 atom stereocenters. The van der Waals surface area contributed by atoms with E-state index in [9.17, 15) is 13.2 Å². The van der Waals surface area contributed by atoms with E-state index >= 15 is 0 Å². The Morgan fingerprint density at radius 1 is 1.44 bits per heavy atom. The zero-order valence-electron chi connectivity index (χ0n) is 8.48. The average Bonchev–Trinajstić information content (AvgIpc) is 2.15. The van der Waals surface area contributed by atoms with Crippen LogP contribution in [-0.2, 0) is 6.18 Å². The Kier molecular flexibility index (Phi) is 3.80. The highest BCUT2D eigenvalue weighted by molar-refractivity contribution is 6.28. The summed E-state index contributed by atoms with van der Waals surface area (Å²) < 4.78 is 37.8. The normalized spacial score (nSPS) is 12.9. The zero-order chi connectivity index (χ0) is 12.3. The second-order valence-corrected chi connectivity index (χ2v) is 3.52. The highest BCUT2D eigenvalue weighted by Gasteiger charge is 2.33. The first kappa shape index (κ1) is 12.8. The topological polar surface area (TPSA) is 38.4 Å². The number of benzene rings is 1. The van der Waals surface area contributed by atoms with Crippen LogP contribution in [0.3, 0.4) is 0 Å². The molecule has 6 heteroatoms. The molecule has 1 rings (SSSR count). The molecule has 0 radical (unpaired) electrons. The van der Waals surface area contributed by atoms with E-state index in [0.717, 1.165) is 6.07 Å². The quantitative estimate of drug-likeness (QED) is 0.488. The standard InChI is InChI=1S/C10H10ClF3N2/c1-6-2-3-7(10(12,13)14)8(4-6)16-9(15)5-11/h2-4H,5H2,1H3,(H2,15,16). The molecule has 0 aliphatic heterocycles. The summed E-state index contributed by atoms with van der Waals surface area (Å²) in [5.74, 6) is -0.150. The van der Waals surface area contributed by atoms with Gasteiger partial charge < -0.3 is 5.73 Å². The van der Waals surface area contributed by atoms with E-state index < -0.39 is 11.7 Å². The van der Waals surface area contributed by atoms with Gasteiger partial charge in [0.15, 0.2) is 0 Å². The van der Waals surface area contributed by atoms with Crippen LogP contribution in [0.4, 0.5) is 18.9 Å². The summed E-state index contributed by atoms with van der Waals surface area (Å²) in [6, 6.07) is 3.68. The van der Waals surface area contributed by atoms with E-state index in [0.29, 0.717) is 5.56 Å². The Morgan fingerprint density at radius 2 is 2.06 bits per heavy atom. The summed E-state index contributed by atoms with van der Waals surface area (Å²) in [5.41, 5.74) is 4.98. The third kappa shape index (κ3) is 3.13. The van der Waals surface area contributed by atoms with Gasteiger partial charge in [-0.05, 0) is 24.6 Å². The molecule has 16 heavy (non-hydrogen) atoms. The molecule has 0 bridgehead atoms. The minimum atomic E-state index is -4.45. The van der Waals surface area contributed by atoms with Crippen LogP contribution >= 0.6 is 11.6 Å². The van der Waals surface area contributed by atoms with Crippen LogP contribution < -0.4 is 5.73 Å². The van der Waals surface area contributed by atoms with Gasteiger partial charge in [0.25, 0.3) is 0 Å². The molecule has 0 spiro atoms. The fraction of sp³-hybridized carbons (Fsp3) is 0.300. The molecule has 0 saturated heterocycles. The lowest BCUT2D eigenvalue weighted by molar-refractivity contribution is -0.137. The van der Waals surface area contributed by atoms with Gasteiger partial charge in [-0.2, -0.15) is 13.2 Å². The van der Waals surface area contributed by atoms with Gasteiger partial charge in [0.05, 0.1) is 17.1 Å². The Balaban J connectivity index is 3.30. The SMILES string of the molecule is Cc1ccc(C(F)(F)F)c(N=C(N)CCl)c1. The molecular formula is C10H10ClF3N2. The molecule has 0 amide bonds. The van der Waals surface area contributed by atoms with Crippen molar-refractivity contribution < 1.29 is 13.2 Å². The number of nitrogens with zero attached hydrogens (tertiary/aromatic N) is 1. The van der Waals surface area contributed by atoms with E-state index in [4.69, 9.17) is 17.3 Å². The van der Waals surface area contributed by atoms with Crippen LogP contribution in [0.25, 0.3) is 0 Å². The monoisotopic (exact) mass is 250 g/mol. The van der Waals surface area contributed by atoms with Crippen LogP contribution in [0, 0.1) is 6.92 Å². The molecule has 2 N–H and O–H groups in total. The molecule has 0 heterocycles. The number of hydrogen-bond donors (Lipinski definition) is 1. The van der Waals surface area contributed by atoms with E-state index in [1.807, 2.05) is 0 Å². The summed E-state index contributed by atoms with van der Waals surface area (Å²) in [7, 11) is 0. The van der Waals surface area contributed by atoms with Crippen molar-refractivity contribution in [2.24, 2.45) is 10.7 Å². The molecule has 1 aromatic rings. The lowest BCUT2D eigenvalue weighted by Gasteiger charge is -2.10. The lowest BCUT2D eigenvalue weighted by Crippen LogP contribution is -2.13. The van der Waals surface area contributed by atoms with Gasteiger partial charge in [-0.1, -0.05) is 6.07 Å². The third-order valence-corrected chi connectivity index (χ3v) is 2.13. The first-order valence-electron chi connectivity index (χ1n) is 4.41. The smallest absolute Gasteiger partial charge is 0.386 e. The molecule has 0 aromatic heterocycles. The van der Waals surface area contributed by atoms with Crippen LogP contribution in [0.15, 0.2) is 23.2 Å². The molecule has 0 aliphatic rings. The van der Waals surface area contributed by atoms with Gasteiger partial charge in [-0.25, -0.2) is 4.99 Å². The number of hydrogen-bond acceptors (Lipinski definition) is 1. The molecule has 0 aliphatic carbocycles. The highest BCUT2D eigenvalue weighted by Crippen LogP contribution is 2.36. The van der Waals surface area contributed by atoms with Crippen molar-refractivity contribution in [1.82, 2.24) is 0 Å². The summed E-state index contributed by atoms with van der Waals surface area (Å²) in [6.45, 7) is 1.68. The summed E-state index contributed by atoms with van der Waals surface area (Å²) >= 11 is 5.37. The Morgan fingerprint density at radius 3 is 2.56 bits per heavy atom. The summed E-state index contributed by atoms with van der Waals surface area (Å²) in [5, 5.41) is 0. The largest absolute Gasteiger partial charge is 0.418 e. The lowest BCUT2D eigenvalue weighted by atomic mass is 10.1. The Labute approximate surface area is 95.9 Å². The number of amidine groups is 1. The fourth-order valence-electron chi connectivity index (χ4n) is 1.16. The van der Waals surface area contributed by atoms with Crippen molar-refractivity contribution in [3.05, 3.63) is 29.3 Å². The predicted molar refractivity (Wildman–Crippen MR) is 58.2 cm³/mol. The van der Waals surface area contributed by atoms with Crippen molar-refractivity contribution in [3.8, 4) is 0 Å². The minimum absolute atomic E-state index is 0.0437. The summed E-state index contributed by atoms with van der Waals surface area (Å²) in [4.78, 5) is 3.65. The third-order valence-electron chi connectivity index (χ3n) is 1.86. The minimum Gasteiger partial charge on any atom is -0.386 e. The molecule has 88 valence electrons. The maximum Gasteiger partial charge on any atom is 0.418 e. The van der Waals surface area contributed by atoms with E-state index in [1.54, 1.807) is 6.92 Å². The highest BCUT2D eigenvalue weighted by atomic mass is 35.5. The van der Waals surface area contributed by atoms with Gasteiger partial charge in [-0.3, -0.25) is 0 Å². The molecule has 0 fully saturated rings. The molecule has 2 nitrogen and oxygen atoms in total. The van der Waals surface area contributed by atoms with E-state index in [1.165, 1.54) is 12.1 Å². The van der Waals surface area contributed by atoms with Gasteiger partial charge in [0.1, 0.15) is 5.84 Å². The second-order valence-electron chi connectivity index (χ2n) is 3.26. The number of aliphatic imine (C=N–C) groups is 1. The number of halogens is 4. The van der Waals surface area contributed by atoms with Gasteiger partial charge in [-0.15, -0.1) is 11.6 Å². The van der Waals surface area contributed by atoms with Crippen molar-refractivity contribution >= 4 is 23.1 Å². The van der Waals surface area contributed by atoms with Crippen molar-refractivity contribution in [3.63, 3.8) is 0 Å². The van der Waals surface area contributed by atoms with Crippen LogP contribution in [0.1, 0.15) is 11.1 Å². The average molecular weight is 251 g/mol. The predicted octanol–water partition coefficient (Wildman–Crippen LogP) is 3.24. The number of nitrogens with two attached hydrogens (primary N) is 1. The van der Waals surface area contributed by atoms with Crippen molar-refractivity contribution in [2.75, 3.05) is 5.88 Å². The number of alkyl halides is 4. The maximum atomic E-state index is 12.6. The first-order chi connectivity index (χ1) is 7.34. The number of aryl methyl sites for hydroxylation is 1. The van der Waals surface area contributed by atoms with Crippen LogP contribution in [0.2, 0.25) is 0 Å². The van der Waals surface area contributed by atoms with Crippen molar-refractivity contribution in [2.45, 2.75) is 13.1 Å². The Hall–Kier alpha value is -1.23. The van der Waals surface area contributed by atoms with Crippen molar-refractivity contribution in [1.29, 1.82) is 0 Å². The molecule has 0 saturated carbocycles. The zero-order valence-corrected chi connectivity index (χ0v) is 9.23. The van der Waals surface area contributed by atoms with Crippen LogP contribution in [-0.4, -0.2) is 11.7 Å². The van der Waals surface area contributed by atoms with Gasteiger partial charge >= 0.3 is 6.18 Å². The van der Waals surface area contributed by atoms with E-state index in [2.05, 4.69) is 4.99 Å².